The van der Waals surface area contributed by atoms with Crippen LogP contribution in [0, 0.1) is 4.77 Å². The molecule has 2 unspecified atom stereocenters. The minimum Gasteiger partial charge on any atom is -0.497 e. The van der Waals surface area contributed by atoms with Gasteiger partial charge in [-0.1, -0.05) is 84.6 Å². The first-order valence-electron chi connectivity index (χ1n) is 21.0. The van der Waals surface area contributed by atoms with Crippen molar-refractivity contribution in [3.05, 3.63) is 168 Å². The lowest BCUT2D eigenvalue weighted by molar-refractivity contribution is -0.117. The molecule has 0 aliphatic heterocycles. The Hall–Kier alpha value is -6.47. The van der Waals surface area contributed by atoms with E-state index in [-0.39, 0.29) is 40.9 Å². The van der Waals surface area contributed by atoms with Gasteiger partial charge in [-0.15, -0.1) is 45.8 Å². The zero-order chi connectivity index (χ0) is 47.7. The van der Waals surface area contributed by atoms with Gasteiger partial charge in [0.15, 0.2) is 21.6 Å². The first-order valence-corrected chi connectivity index (χ1v) is 22.7. The van der Waals surface area contributed by atoms with Crippen LogP contribution in [0.1, 0.15) is 19.4 Å². The van der Waals surface area contributed by atoms with E-state index in [1.165, 1.54) is 11.8 Å². The van der Waals surface area contributed by atoms with E-state index in [2.05, 4.69) is 25.7 Å². The lowest BCUT2D eigenvalue weighted by Crippen LogP contribution is -2.20. The summed E-state index contributed by atoms with van der Waals surface area (Å²) in [5, 5.41) is 18.6. The summed E-state index contributed by atoms with van der Waals surface area (Å²) < 4.78 is 25.8. The Bertz CT molecular complexity index is 2900. The Balaban J connectivity index is 0.000000212. The second kappa shape index (κ2) is 26.2. The number of thioether (sulfide) groups is 1. The van der Waals surface area contributed by atoms with Crippen molar-refractivity contribution in [3.8, 4) is 57.1 Å². The van der Waals surface area contributed by atoms with Gasteiger partial charge in [0, 0.05) is 12.1 Å². The predicted octanol–water partition coefficient (Wildman–Crippen LogP) is 11.7. The number of carbonyl (C=O) groups is 2. The summed E-state index contributed by atoms with van der Waals surface area (Å²) in [6.07, 6.45) is 0.380. The number of ketones is 1. The van der Waals surface area contributed by atoms with Gasteiger partial charge in [0.25, 0.3) is 0 Å². The highest BCUT2D eigenvalue weighted by atomic mass is 127. The molecule has 2 heterocycles. The number of aromatic amines is 1. The number of benzene rings is 6. The number of nitrogens with zero attached hydrogens (tertiary/aromatic N) is 5. The van der Waals surface area contributed by atoms with E-state index >= 15 is 0 Å². The number of hydrogen-bond acceptors (Lipinski definition) is 11. The summed E-state index contributed by atoms with van der Waals surface area (Å²) in [5.41, 5.74) is 5.23. The molecule has 0 aliphatic rings. The SMILES string of the molecule is CC(Cl)C(=O)Nc1ccccc1.COc1ccc(-n2c(-c3ccccc3OC)n[nH]c2=S)cc1.COc1ccc(-n2c(SC(C)C(=O)Cc3ccccc3)nnc2-c2ccccc2OC)cc1.I. The van der Waals surface area contributed by atoms with Crippen LogP contribution in [0.3, 0.4) is 0 Å². The Labute approximate surface area is 427 Å². The maximum absolute atomic E-state index is 12.9. The van der Waals surface area contributed by atoms with Crippen molar-refractivity contribution in [2.75, 3.05) is 33.8 Å². The highest BCUT2D eigenvalue weighted by molar-refractivity contribution is 14.0. The molecule has 0 saturated heterocycles. The highest BCUT2D eigenvalue weighted by Crippen LogP contribution is 2.35. The maximum atomic E-state index is 12.9. The van der Waals surface area contributed by atoms with Gasteiger partial charge in [-0.3, -0.25) is 23.8 Å². The zero-order valence-electron chi connectivity index (χ0n) is 38.2. The molecule has 8 aromatic rings. The third kappa shape index (κ3) is 13.8. The molecule has 0 bridgehead atoms. The molecule has 0 saturated carbocycles. The number of amides is 1. The number of methoxy groups -OCH3 is 4. The molecule has 17 heteroatoms. The molecule has 0 fully saturated rings. The zero-order valence-corrected chi connectivity index (χ0v) is 42.9. The van der Waals surface area contributed by atoms with Crippen molar-refractivity contribution in [1.82, 2.24) is 29.5 Å². The summed E-state index contributed by atoms with van der Waals surface area (Å²) in [6.45, 7) is 3.55. The summed E-state index contributed by atoms with van der Waals surface area (Å²) >= 11 is 12.3. The fourth-order valence-electron chi connectivity index (χ4n) is 6.52. The van der Waals surface area contributed by atoms with Gasteiger partial charge in [-0.05, 0) is 117 Å². The van der Waals surface area contributed by atoms with Gasteiger partial charge < -0.3 is 24.3 Å². The van der Waals surface area contributed by atoms with Crippen LogP contribution < -0.4 is 24.3 Å². The third-order valence-electron chi connectivity index (χ3n) is 10.0. The molecule has 2 atom stereocenters. The van der Waals surface area contributed by atoms with Crippen molar-refractivity contribution >= 4 is 76.9 Å². The lowest BCUT2D eigenvalue weighted by atomic mass is 10.1. The summed E-state index contributed by atoms with van der Waals surface area (Å²) in [5.74, 6) is 4.28. The number of carbonyl (C=O) groups excluding carboxylic acids is 2. The van der Waals surface area contributed by atoms with Crippen LogP contribution in [0.4, 0.5) is 5.69 Å². The number of hydrogen-bond donors (Lipinski definition) is 2. The van der Waals surface area contributed by atoms with E-state index in [4.69, 9.17) is 42.8 Å². The molecule has 13 nitrogen and oxygen atoms in total. The average molecular weight is 1080 g/mol. The van der Waals surface area contributed by atoms with Crippen molar-refractivity contribution in [2.24, 2.45) is 0 Å². The standard InChI is InChI=1S/C26H25N3O3S.C16H15N3O2S.C9H10ClNO.HI/c1-18(23(30)17-19-9-5-4-6-10-19)33-26-28-27-25(22-11-7-8-12-24(22)32-3)29(26)20-13-15-21(31-2)16-14-20;1-20-12-9-7-11(8-10-12)19-15(17-18-16(19)22)13-5-3-4-6-14(13)21-2;1-7(10)9(12)11-8-5-3-2-4-6-8;/h4-16,18H,17H2,1-3H3;3-10H,1-2H3,(H,18,22);2-7H,1H3,(H,11,12);1H. The van der Waals surface area contributed by atoms with Crippen molar-refractivity contribution < 1.29 is 28.5 Å². The highest BCUT2D eigenvalue weighted by Gasteiger charge is 2.24. The molecule has 0 aliphatic carbocycles. The minimum atomic E-state index is -0.495. The van der Waals surface area contributed by atoms with Crippen LogP contribution in [0.15, 0.2) is 163 Å². The number of nitrogens with one attached hydrogen (secondary N) is 2. The summed E-state index contributed by atoms with van der Waals surface area (Å²) in [6, 6.07) is 49.7. The lowest BCUT2D eigenvalue weighted by Gasteiger charge is -2.15. The predicted molar refractivity (Wildman–Crippen MR) is 283 cm³/mol. The Kier molecular flexibility index (Phi) is 20.2. The van der Waals surface area contributed by atoms with E-state index in [0.29, 0.717) is 33.7 Å². The molecule has 0 radical (unpaired) electrons. The van der Waals surface area contributed by atoms with Gasteiger partial charge in [-0.2, -0.15) is 5.10 Å². The first kappa shape index (κ1) is 52.5. The number of rotatable bonds is 15. The average Bonchev–Trinajstić information content (AvgIpc) is 3.97. The molecule has 8 rings (SSSR count). The van der Waals surface area contributed by atoms with Crippen LogP contribution in [0.5, 0.6) is 23.0 Å². The van der Waals surface area contributed by atoms with Gasteiger partial charge in [0.05, 0.1) is 56.2 Å². The van der Waals surface area contributed by atoms with Crippen molar-refractivity contribution in [2.45, 2.75) is 36.1 Å². The number of halogens is 2. The number of para-hydroxylation sites is 3. The molecule has 2 N–H and O–H groups in total. The minimum absolute atomic E-state index is 0. The smallest absolute Gasteiger partial charge is 0.242 e. The molecule has 352 valence electrons. The molecular weight excluding hydrogens is 1030 g/mol. The largest absolute Gasteiger partial charge is 0.497 e. The molecule has 0 spiro atoms. The molecular formula is C51H51ClIN7O6S2. The van der Waals surface area contributed by atoms with Gasteiger partial charge in [0.2, 0.25) is 5.91 Å². The van der Waals surface area contributed by atoms with Crippen molar-refractivity contribution in [1.29, 1.82) is 0 Å². The van der Waals surface area contributed by atoms with E-state index in [1.54, 1.807) is 35.4 Å². The monoisotopic (exact) mass is 1080 g/mol. The van der Waals surface area contributed by atoms with Gasteiger partial charge in [-0.25, -0.2) is 0 Å². The summed E-state index contributed by atoms with van der Waals surface area (Å²) in [7, 11) is 6.54. The summed E-state index contributed by atoms with van der Waals surface area (Å²) in [4.78, 5) is 24.0. The van der Waals surface area contributed by atoms with Crippen molar-refractivity contribution in [3.63, 3.8) is 0 Å². The Morgan fingerprint density at radius 2 is 1.13 bits per heavy atom. The number of ether oxygens (including phenoxy) is 4. The quantitative estimate of drug-likeness (QED) is 0.0437. The third-order valence-corrected chi connectivity index (χ3v) is 11.6. The van der Waals surface area contributed by atoms with Crippen LogP contribution in [-0.2, 0) is 16.0 Å². The molecule has 68 heavy (non-hydrogen) atoms. The molecule has 1 amide bonds. The topological polar surface area (TPSA) is 147 Å². The number of H-pyrrole nitrogens is 1. The van der Waals surface area contributed by atoms with Crippen LogP contribution in [0.25, 0.3) is 34.2 Å². The van der Waals surface area contributed by atoms with E-state index in [9.17, 15) is 9.59 Å². The Morgan fingerprint density at radius 1 is 0.647 bits per heavy atom. The van der Waals surface area contributed by atoms with Crippen LogP contribution in [-0.4, -0.2) is 80.3 Å². The second-order valence-corrected chi connectivity index (χ2v) is 16.8. The van der Waals surface area contributed by atoms with E-state index in [1.807, 2.05) is 174 Å². The number of alkyl halides is 1. The van der Waals surface area contributed by atoms with E-state index in [0.717, 1.165) is 51.0 Å². The number of Topliss-reactive ketones (excluding diaryl/α,β-unsaturated/α-hetero) is 1. The van der Waals surface area contributed by atoms with Crippen LogP contribution >= 0.6 is 59.6 Å². The Morgan fingerprint density at radius 3 is 1.65 bits per heavy atom. The molecule has 6 aromatic carbocycles. The first-order chi connectivity index (χ1) is 32.5. The fourth-order valence-corrected chi connectivity index (χ4v) is 7.73. The second-order valence-electron chi connectivity index (χ2n) is 14.5. The van der Waals surface area contributed by atoms with Gasteiger partial charge >= 0.3 is 0 Å². The van der Waals surface area contributed by atoms with E-state index < -0.39 is 5.38 Å². The fraction of sp³-hybridized carbons (Fsp3) is 0.176. The number of aromatic nitrogens is 6. The van der Waals surface area contributed by atoms with Crippen LogP contribution in [0.2, 0.25) is 0 Å². The van der Waals surface area contributed by atoms with Gasteiger partial charge in [0.1, 0.15) is 34.2 Å². The molecule has 2 aromatic heterocycles. The normalized spacial score (nSPS) is 11.2. The number of anilines is 1. The maximum Gasteiger partial charge on any atom is 0.242 e.